The van der Waals surface area contributed by atoms with Gasteiger partial charge in [0, 0.05) is 37.8 Å². The fourth-order valence-electron chi connectivity index (χ4n) is 3.20. The van der Waals surface area contributed by atoms with E-state index in [-0.39, 0.29) is 5.82 Å². The Bertz CT molecular complexity index is 1050. The Labute approximate surface area is 163 Å². The van der Waals surface area contributed by atoms with E-state index in [1.807, 2.05) is 11.0 Å². The summed E-state index contributed by atoms with van der Waals surface area (Å²) >= 11 is 0. The third kappa shape index (κ3) is 3.74. The summed E-state index contributed by atoms with van der Waals surface area (Å²) in [7, 11) is -3.48. The molecule has 144 valence electrons. The lowest BCUT2D eigenvalue weighted by atomic mass is 10.1. The van der Waals surface area contributed by atoms with Crippen molar-refractivity contribution in [2.24, 2.45) is 0 Å². The van der Waals surface area contributed by atoms with Gasteiger partial charge in [0.05, 0.1) is 10.6 Å². The van der Waals surface area contributed by atoms with E-state index >= 15 is 0 Å². The number of anilines is 1. The molecule has 4 rings (SSSR count). The fraction of sp³-hybridized carbons (Fsp3) is 0.200. The Hall–Kier alpha value is -2.84. The quantitative estimate of drug-likeness (QED) is 0.676. The van der Waals surface area contributed by atoms with Crippen LogP contribution in [0.2, 0.25) is 0 Å². The summed E-state index contributed by atoms with van der Waals surface area (Å²) in [6.45, 7) is 1.83. The minimum atomic E-state index is -3.48. The summed E-state index contributed by atoms with van der Waals surface area (Å²) in [6, 6.07) is 16.4. The summed E-state index contributed by atoms with van der Waals surface area (Å²) in [4.78, 5) is 10.9. The number of aromatic nitrogens is 2. The van der Waals surface area contributed by atoms with Crippen molar-refractivity contribution in [2.75, 3.05) is 31.1 Å². The van der Waals surface area contributed by atoms with Crippen molar-refractivity contribution in [3.05, 3.63) is 72.8 Å². The second-order valence-electron chi connectivity index (χ2n) is 6.47. The average Bonchev–Trinajstić information content (AvgIpc) is 2.75. The second kappa shape index (κ2) is 7.65. The number of piperazine rings is 1. The van der Waals surface area contributed by atoms with Crippen LogP contribution >= 0.6 is 0 Å². The smallest absolute Gasteiger partial charge is 0.243 e. The van der Waals surface area contributed by atoms with Crippen LogP contribution in [0.5, 0.6) is 0 Å². The predicted molar refractivity (Wildman–Crippen MR) is 105 cm³/mol. The summed E-state index contributed by atoms with van der Waals surface area (Å²) in [5.74, 6) is 0.430. The summed E-state index contributed by atoms with van der Waals surface area (Å²) in [6.07, 6.45) is 1.47. The molecule has 0 aliphatic carbocycles. The van der Waals surface area contributed by atoms with Crippen molar-refractivity contribution >= 4 is 15.8 Å². The molecule has 0 amide bonds. The van der Waals surface area contributed by atoms with Crippen molar-refractivity contribution < 1.29 is 12.8 Å². The van der Waals surface area contributed by atoms with Gasteiger partial charge in [-0.2, -0.15) is 4.31 Å². The van der Waals surface area contributed by atoms with E-state index in [2.05, 4.69) is 9.97 Å². The van der Waals surface area contributed by atoms with Crippen LogP contribution in [0.1, 0.15) is 0 Å². The second-order valence-corrected chi connectivity index (χ2v) is 8.41. The first-order valence-electron chi connectivity index (χ1n) is 8.92. The lowest BCUT2D eigenvalue weighted by Crippen LogP contribution is -2.48. The highest BCUT2D eigenvalue weighted by Gasteiger charge is 2.28. The van der Waals surface area contributed by atoms with Gasteiger partial charge in [0.15, 0.2) is 0 Å². The fourth-order valence-corrected chi connectivity index (χ4v) is 4.64. The van der Waals surface area contributed by atoms with Gasteiger partial charge < -0.3 is 4.90 Å². The molecule has 0 bridgehead atoms. The predicted octanol–water partition coefficient (Wildman–Crippen LogP) is 2.79. The number of benzene rings is 2. The van der Waals surface area contributed by atoms with Gasteiger partial charge in [0.25, 0.3) is 0 Å². The maximum Gasteiger partial charge on any atom is 0.243 e. The van der Waals surface area contributed by atoms with Gasteiger partial charge in [0.2, 0.25) is 10.0 Å². The number of halogens is 1. The summed E-state index contributed by atoms with van der Waals surface area (Å²) < 4.78 is 40.1. The molecule has 0 N–H and O–H groups in total. The van der Waals surface area contributed by atoms with Crippen LogP contribution in [-0.4, -0.2) is 48.9 Å². The molecule has 6 nitrogen and oxygen atoms in total. The molecule has 1 aromatic heterocycles. The monoisotopic (exact) mass is 398 g/mol. The first kappa shape index (κ1) is 18.5. The normalized spacial score (nSPS) is 15.5. The molecular weight excluding hydrogens is 379 g/mol. The molecule has 1 saturated heterocycles. The molecule has 0 atom stereocenters. The number of hydrogen-bond acceptors (Lipinski definition) is 5. The van der Waals surface area contributed by atoms with Crippen molar-refractivity contribution in [1.82, 2.24) is 14.3 Å². The number of nitrogens with zero attached hydrogens (tertiary/aromatic N) is 4. The molecule has 1 aliphatic heterocycles. The van der Waals surface area contributed by atoms with Crippen molar-refractivity contribution in [2.45, 2.75) is 4.90 Å². The van der Waals surface area contributed by atoms with E-state index in [9.17, 15) is 12.8 Å². The highest BCUT2D eigenvalue weighted by atomic mass is 32.2. The van der Waals surface area contributed by atoms with Gasteiger partial charge in [0.1, 0.15) is 18.0 Å². The minimum Gasteiger partial charge on any atom is -0.354 e. The van der Waals surface area contributed by atoms with E-state index in [1.165, 1.54) is 22.8 Å². The van der Waals surface area contributed by atoms with Crippen LogP contribution in [0.3, 0.4) is 0 Å². The zero-order valence-electron chi connectivity index (χ0n) is 15.1. The topological polar surface area (TPSA) is 66.4 Å². The molecule has 28 heavy (non-hydrogen) atoms. The van der Waals surface area contributed by atoms with Crippen molar-refractivity contribution in [3.63, 3.8) is 0 Å². The highest BCUT2D eigenvalue weighted by Crippen LogP contribution is 2.23. The van der Waals surface area contributed by atoms with Crippen LogP contribution in [0.25, 0.3) is 11.3 Å². The van der Waals surface area contributed by atoms with E-state index in [1.54, 1.807) is 42.5 Å². The Morgan fingerprint density at radius 1 is 0.857 bits per heavy atom. The molecular formula is C20H19FN4O2S. The van der Waals surface area contributed by atoms with Gasteiger partial charge in [-0.25, -0.2) is 22.8 Å². The molecule has 1 aliphatic rings. The van der Waals surface area contributed by atoms with Gasteiger partial charge in [-0.15, -0.1) is 0 Å². The highest BCUT2D eigenvalue weighted by molar-refractivity contribution is 7.89. The molecule has 1 fully saturated rings. The number of rotatable bonds is 4. The van der Waals surface area contributed by atoms with Crippen molar-refractivity contribution in [3.8, 4) is 11.3 Å². The SMILES string of the molecule is O=S(=O)(c1ccccc1)N1CCN(c2cc(-c3ccc(F)cc3)ncn2)CC1. The molecule has 0 saturated carbocycles. The number of sulfonamides is 1. The molecule has 3 aromatic rings. The molecule has 0 spiro atoms. The lowest BCUT2D eigenvalue weighted by molar-refractivity contribution is 0.384. The molecule has 2 aromatic carbocycles. The third-order valence-electron chi connectivity index (χ3n) is 4.74. The average molecular weight is 398 g/mol. The summed E-state index contributed by atoms with van der Waals surface area (Å²) in [5, 5.41) is 0. The van der Waals surface area contributed by atoms with Gasteiger partial charge in [-0.05, 0) is 36.4 Å². The zero-order valence-corrected chi connectivity index (χ0v) is 15.9. The molecule has 0 unspecified atom stereocenters. The van der Waals surface area contributed by atoms with Crippen LogP contribution in [-0.2, 0) is 10.0 Å². The Balaban J connectivity index is 1.48. The van der Waals surface area contributed by atoms with Gasteiger partial charge in [-0.3, -0.25) is 0 Å². The van der Waals surface area contributed by atoms with Gasteiger partial charge in [-0.1, -0.05) is 18.2 Å². The maximum absolute atomic E-state index is 13.1. The van der Waals surface area contributed by atoms with E-state index in [0.717, 1.165) is 11.4 Å². The van der Waals surface area contributed by atoms with Crippen LogP contribution in [0.15, 0.2) is 71.9 Å². The van der Waals surface area contributed by atoms with Crippen LogP contribution in [0, 0.1) is 5.82 Å². The Morgan fingerprint density at radius 2 is 1.54 bits per heavy atom. The lowest BCUT2D eigenvalue weighted by Gasteiger charge is -2.34. The number of hydrogen-bond donors (Lipinski definition) is 0. The standard InChI is InChI=1S/C20H19FN4O2S/c21-17-8-6-16(7-9-17)19-14-20(23-15-22-19)24-10-12-25(13-11-24)28(26,27)18-4-2-1-3-5-18/h1-9,14-15H,10-13H2. The van der Waals surface area contributed by atoms with Crippen molar-refractivity contribution in [1.29, 1.82) is 0 Å². The largest absolute Gasteiger partial charge is 0.354 e. The third-order valence-corrected chi connectivity index (χ3v) is 6.65. The minimum absolute atomic E-state index is 0.297. The maximum atomic E-state index is 13.1. The first-order valence-corrected chi connectivity index (χ1v) is 10.4. The molecule has 8 heteroatoms. The summed E-state index contributed by atoms with van der Waals surface area (Å²) in [5.41, 5.74) is 1.50. The van der Waals surface area contributed by atoms with Gasteiger partial charge >= 0.3 is 0 Å². The van der Waals surface area contributed by atoms with E-state index in [0.29, 0.717) is 36.8 Å². The molecule has 2 heterocycles. The molecule has 0 radical (unpaired) electrons. The van der Waals surface area contributed by atoms with Crippen LogP contribution in [0.4, 0.5) is 10.2 Å². The Kier molecular flexibility index (Phi) is 5.06. The van der Waals surface area contributed by atoms with E-state index < -0.39 is 10.0 Å². The van der Waals surface area contributed by atoms with Crippen LogP contribution < -0.4 is 4.90 Å². The first-order chi connectivity index (χ1) is 13.5. The Morgan fingerprint density at radius 3 is 2.21 bits per heavy atom. The van der Waals surface area contributed by atoms with E-state index in [4.69, 9.17) is 0 Å². The zero-order chi connectivity index (χ0) is 19.6.